The summed E-state index contributed by atoms with van der Waals surface area (Å²) in [5, 5.41) is 31.1. The topological polar surface area (TPSA) is 286 Å². The molecule has 1 aliphatic heterocycles. The van der Waals surface area contributed by atoms with Crippen LogP contribution >= 0.6 is 15.6 Å². The Labute approximate surface area is 443 Å². The number of allylic oxidation sites excluding steroid dienone is 16. The predicted molar refractivity (Wildman–Crippen MR) is 290 cm³/mol. The van der Waals surface area contributed by atoms with Gasteiger partial charge in [-0.15, -0.1) is 0 Å². The van der Waals surface area contributed by atoms with E-state index in [1.54, 1.807) is 24.3 Å². The highest BCUT2D eigenvalue weighted by Crippen LogP contribution is 2.60. The fourth-order valence-electron chi connectivity index (χ4n) is 6.84. The van der Waals surface area contributed by atoms with Crippen molar-refractivity contribution in [3.05, 3.63) is 132 Å². The molecule has 1 aliphatic rings. The minimum Gasteiger partial charge on any atom is -0.462 e. The number of phosphoric ester groups is 2. The molecule has 1 aromatic heterocycles. The highest BCUT2D eigenvalue weighted by atomic mass is 31.3. The summed E-state index contributed by atoms with van der Waals surface area (Å²) in [5.74, 6) is -1.55. The molecule has 0 radical (unpaired) electrons. The molecular formula is C54H83N3O16P2. The van der Waals surface area contributed by atoms with Gasteiger partial charge in [-0.2, -0.15) is 9.29 Å². The van der Waals surface area contributed by atoms with Gasteiger partial charge in [0.2, 0.25) is 0 Å². The Hall–Kier alpha value is -4.62. The maximum absolute atomic E-state index is 12.9. The van der Waals surface area contributed by atoms with E-state index in [0.29, 0.717) is 25.7 Å². The number of ether oxygens (including phenoxy) is 3. The van der Waals surface area contributed by atoms with Crippen LogP contribution in [0.3, 0.4) is 0 Å². The third-order valence-corrected chi connectivity index (χ3v) is 13.5. The normalized spacial score (nSPS) is 20.1. The van der Waals surface area contributed by atoms with Crippen LogP contribution in [0.2, 0.25) is 0 Å². The molecule has 19 nitrogen and oxygen atoms in total. The number of aliphatic hydroxyl groups excluding tert-OH is 3. The second-order valence-corrected chi connectivity index (χ2v) is 20.6. The van der Waals surface area contributed by atoms with E-state index in [4.69, 9.17) is 29.0 Å². The fourth-order valence-corrected chi connectivity index (χ4v) is 8.95. The van der Waals surface area contributed by atoms with E-state index in [0.717, 1.165) is 49.3 Å². The lowest BCUT2D eigenvalue weighted by molar-refractivity contribution is -0.161. The highest BCUT2D eigenvalue weighted by Gasteiger charge is 2.46. The summed E-state index contributed by atoms with van der Waals surface area (Å²) < 4.78 is 56.6. The minimum absolute atomic E-state index is 0.0301. The van der Waals surface area contributed by atoms with Crippen LogP contribution < -0.4 is 11.4 Å². The third kappa shape index (κ3) is 33.2. The lowest BCUT2D eigenvalue weighted by Gasteiger charge is -2.21. The summed E-state index contributed by atoms with van der Waals surface area (Å²) in [6.07, 6.45) is 43.5. The number of unbranched alkanes of at least 4 members (excludes halogenated alkanes) is 7. The minimum atomic E-state index is -5.48. The van der Waals surface area contributed by atoms with Gasteiger partial charge in [-0.3, -0.25) is 23.2 Å². The fraction of sp³-hybridized carbons (Fsp3) is 0.556. The van der Waals surface area contributed by atoms with Crippen LogP contribution in [-0.4, -0.2) is 96.9 Å². The number of aliphatic hydroxyl groups is 3. The molecular weight excluding hydrogens is 1010 g/mol. The van der Waals surface area contributed by atoms with Gasteiger partial charge in [-0.1, -0.05) is 149 Å². The third-order valence-electron chi connectivity index (χ3n) is 10.9. The van der Waals surface area contributed by atoms with Crippen LogP contribution in [0, 0.1) is 0 Å². The number of aromatic nitrogens is 2. The summed E-state index contributed by atoms with van der Waals surface area (Å²) in [7, 11) is -10.9. The smallest absolute Gasteiger partial charge is 0.462 e. The number of nitrogens with two attached hydrogens (primary N) is 1. The van der Waals surface area contributed by atoms with Crippen molar-refractivity contribution in [2.24, 2.45) is 0 Å². The Morgan fingerprint density at radius 2 is 1.25 bits per heavy atom. The Kier molecular flexibility index (Phi) is 36.0. The van der Waals surface area contributed by atoms with Crippen molar-refractivity contribution in [1.82, 2.24) is 9.55 Å². The highest BCUT2D eigenvalue weighted by molar-refractivity contribution is 7.61. The van der Waals surface area contributed by atoms with Crippen molar-refractivity contribution < 1.29 is 71.4 Å². The van der Waals surface area contributed by atoms with Gasteiger partial charge < -0.3 is 45.1 Å². The summed E-state index contributed by atoms with van der Waals surface area (Å²) >= 11 is 0. The lowest BCUT2D eigenvalue weighted by Crippen LogP contribution is -2.36. The van der Waals surface area contributed by atoms with Crippen molar-refractivity contribution in [1.29, 1.82) is 0 Å². The van der Waals surface area contributed by atoms with Gasteiger partial charge in [0, 0.05) is 19.0 Å². The largest absolute Gasteiger partial charge is 0.481 e. The van der Waals surface area contributed by atoms with Crippen LogP contribution in [-0.2, 0) is 46.3 Å². The predicted octanol–water partition coefficient (Wildman–Crippen LogP) is 9.97. The van der Waals surface area contributed by atoms with E-state index in [-0.39, 0.29) is 25.1 Å². The van der Waals surface area contributed by atoms with Gasteiger partial charge >= 0.3 is 33.3 Å². The van der Waals surface area contributed by atoms with Crippen molar-refractivity contribution >= 4 is 33.4 Å². The van der Waals surface area contributed by atoms with E-state index in [1.165, 1.54) is 44.6 Å². The zero-order chi connectivity index (χ0) is 55.0. The summed E-state index contributed by atoms with van der Waals surface area (Å²) in [5.41, 5.74) is 4.57. The molecule has 0 saturated carbocycles. The maximum Gasteiger partial charge on any atom is 0.481 e. The molecule has 21 heteroatoms. The molecule has 2 heterocycles. The van der Waals surface area contributed by atoms with Crippen LogP contribution in [0.15, 0.2) is 126 Å². The first-order valence-corrected chi connectivity index (χ1v) is 29.0. The van der Waals surface area contributed by atoms with Gasteiger partial charge in [-0.25, -0.2) is 13.9 Å². The van der Waals surface area contributed by atoms with Gasteiger partial charge in [0.15, 0.2) is 12.3 Å². The molecule has 3 unspecified atom stereocenters. The molecule has 1 fully saturated rings. The molecule has 1 aromatic rings. The number of hydrogen-bond donors (Lipinski definition) is 6. The second kappa shape index (κ2) is 40.6. The molecule has 7 N–H and O–H groups in total. The van der Waals surface area contributed by atoms with E-state index < -0.39 is 89.8 Å². The van der Waals surface area contributed by atoms with Crippen molar-refractivity contribution in [2.75, 3.05) is 25.6 Å². The first-order chi connectivity index (χ1) is 36.1. The van der Waals surface area contributed by atoms with E-state index in [9.17, 15) is 48.6 Å². The average Bonchev–Trinajstić information content (AvgIpc) is 3.64. The number of carbonyl (C=O) groups is 2. The molecule has 2 rings (SSSR count). The second-order valence-electron chi connectivity index (χ2n) is 17.5. The van der Waals surface area contributed by atoms with Crippen LogP contribution in [0.5, 0.6) is 0 Å². The van der Waals surface area contributed by atoms with Gasteiger partial charge in [-0.05, 0) is 89.5 Å². The maximum atomic E-state index is 12.9. The monoisotopic (exact) mass is 1090 g/mol. The number of nitrogens with zero attached hydrogens (tertiary/aromatic N) is 2. The van der Waals surface area contributed by atoms with Crippen LogP contribution in [0.25, 0.3) is 0 Å². The summed E-state index contributed by atoms with van der Waals surface area (Å²) in [6, 6.07) is 1.23. The van der Waals surface area contributed by atoms with Gasteiger partial charge in [0.25, 0.3) is 0 Å². The van der Waals surface area contributed by atoms with Crippen molar-refractivity contribution in [2.45, 2.75) is 173 Å². The molecule has 8 atom stereocenters. The lowest BCUT2D eigenvalue weighted by atomic mass is 10.1. The Balaban J connectivity index is 1.88. The van der Waals surface area contributed by atoms with E-state index >= 15 is 0 Å². The van der Waals surface area contributed by atoms with E-state index in [1.807, 2.05) is 36.5 Å². The first kappa shape index (κ1) is 66.5. The van der Waals surface area contributed by atoms with Gasteiger partial charge in [0.05, 0.1) is 19.3 Å². The Morgan fingerprint density at radius 3 is 1.84 bits per heavy atom. The Morgan fingerprint density at radius 1 is 0.707 bits per heavy atom. The van der Waals surface area contributed by atoms with E-state index in [2.05, 4.69) is 71.8 Å². The number of phosphoric acid groups is 2. The van der Waals surface area contributed by atoms with Crippen molar-refractivity contribution in [3.63, 3.8) is 0 Å². The zero-order valence-electron chi connectivity index (χ0n) is 43.7. The zero-order valence-corrected chi connectivity index (χ0v) is 45.4. The number of nitrogen functional groups attached to an aromatic ring is 1. The molecule has 0 bridgehead atoms. The first-order valence-electron chi connectivity index (χ1n) is 26.0. The SMILES string of the molecule is CCCCC/C=C\C/C=C\C/C=C\C/C=C\C/C=C\CCC(=O)O[C@H](COC(=O)CCC/C=C/C=C\C(O)C/C=C\C/C=C\CCCCC)COP(=O)(O)OP(=O)(O)OC[C@H]1O[C@@H](n2ccc(N)nc2=O)[C@H](O)[C@@H]1O. The Bertz CT molecular complexity index is 2200. The number of carbonyl (C=O) groups excluding carboxylic acids is 2. The molecule has 0 spiro atoms. The average molecular weight is 1090 g/mol. The molecule has 1 saturated heterocycles. The summed E-state index contributed by atoms with van der Waals surface area (Å²) in [4.78, 5) is 61.9. The van der Waals surface area contributed by atoms with Crippen LogP contribution in [0.4, 0.5) is 5.82 Å². The standard InChI is InChI=1S/C54H83N3O16P2/c1-3-5-7-9-11-13-14-15-16-17-18-19-20-21-22-24-26-30-35-39-50(60)71-46(42-68-49(59)38-34-31-27-29-33-37-45(58)36-32-28-25-23-12-10-8-6-4-2)43-69-74(64,65)73-75(66,67)70-44-47-51(61)52(62)53(72-47)57-41-40-48(55)56-54(57)63/h11-13,15-16,18-19,21-23,26-30,32-33,37,40-41,45-47,51-53,58,61-62H,3-10,14,17,20,24-25,31,34-36,38-39,42-44H2,1-2H3,(H,64,65)(H,66,67)(H2,55,56,63)/b13-11-,16-15-,19-18-,22-21-,23-12-,29-27+,30-26-,32-28-,37-33-/t45?,46-,47-,51-,52-,53-/m1/s1. The number of anilines is 1. The van der Waals surface area contributed by atoms with Crippen LogP contribution in [0.1, 0.15) is 142 Å². The number of rotatable bonds is 41. The molecule has 0 amide bonds. The molecule has 0 aliphatic carbocycles. The van der Waals surface area contributed by atoms with Crippen molar-refractivity contribution in [3.8, 4) is 0 Å². The quantitative estimate of drug-likeness (QED) is 0.0117. The molecule has 420 valence electrons. The number of esters is 2. The summed E-state index contributed by atoms with van der Waals surface area (Å²) in [6.45, 7) is 1.87. The number of hydrogen-bond acceptors (Lipinski definition) is 16. The molecule has 75 heavy (non-hydrogen) atoms. The van der Waals surface area contributed by atoms with Gasteiger partial charge in [0.1, 0.15) is 30.7 Å². The molecule has 0 aromatic carbocycles.